The van der Waals surface area contributed by atoms with Crippen molar-refractivity contribution in [3.05, 3.63) is 23.3 Å². The average Bonchev–Trinajstić information content (AvgIpc) is 2.41. The van der Waals surface area contributed by atoms with E-state index in [1.54, 1.807) is 0 Å². The second-order valence-corrected chi connectivity index (χ2v) is 6.94. The minimum atomic E-state index is -0.945. The molecule has 0 bridgehead atoms. The molecule has 4 aliphatic carbocycles. The van der Waals surface area contributed by atoms with Gasteiger partial charge in [0.1, 0.15) is 0 Å². The van der Waals surface area contributed by atoms with E-state index in [4.69, 9.17) is 0 Å². The van der Waals surface area contributed by atoms with Crippen molar-refractivity contribution in [2.75, 3.05) is 0 Å². The van der Waals surface area contributed by atoms with E-state index >= 15 is 0 Å². The monoisotopic (exact) mass is 348 g/mol. The number of carbonyl (C=O) groups is 2. The zero-order valence-corrected chi connectivity index (χ0v) is 18.8. The van der Waals surface area contributed by atoms with Gasteiger partial charge in [0.2, 0.25) is 0 Å². The van der Waals surface area contributed by atoms with Gasteiger partial charge in [0, 0.05) is 0 Å². The molecule has 0 N–H and O–H groups in total. The van der Waals surface area contributed by atoms with Gasteiger partial charge in [-0.1, -0.05) is 12.2 Å². The van der Waals surface area contributed by atoms with Crippen LogP contribution >= 0.6 is 0 Å². The van der Waals surface area contributed by atoms with Gasteiger partial charge in [-0.15, -0.1) is 0 Å². The van der Waals surface area contributed by atoms with Gasteiger partial charge >= 0.3 is 59.1 Å². The molecule has 4 aliphatic rings. The van der Waals surface area contributed by atoms with Crippen LogP contribution in [0.4, 0.5) is 0 Å². The first-order valence-electron chi connectivity index (χ1n) is 8.40. The second-order valence-electron chi connectivity index (χ2n) is 6.94. The molecule has 4 rings (SSSR count). The molecule has 6 heteroatoms. The summed E-state index contributed by atoms with van der Waals surface area (Å²) in [7, 11) is 0. The van der Waals surface area contributed by atoms with Crippen molar-refractivity contribution >= 4 is 11.9 Å². The molecule has 0 amide bonds. The molecule has 2 fully saturated rings. The smallest absolute Gasteiger partial charge is 0.545 e. The van der Waals surface area contributed by atoms with Crippen LogP contribution in [0.5, 0.6) is 0 Å². The van der Waals surface area contributed by atoms with Crippen molar-refractivity contribution in [2.45, 2.75) is 51.4 Å². The van der Waals surface area contributed by atoms with Crippen LogP contribution in [0.2, 0.25) is 0 Å². The summed E-state index contributed by atoms with van der Waals surface area (Å²) in [5, 5.41) is 21.1. The Hall–Kier alpha value is 0.420. The number of fused-ring (bicyclic) bond motifs is 2. The first kappa shape index (κ1) is 22.5. The Kier molecular flexibility index (Phi) is 9.30. The fraction of sp³-hybridized carbons (Fsp3) is 0.667. The summed E-state index contributed by atoms with van der Waals surface area (Å²) < 4.78 is 0. The SMILES string of the molecule is O=C([O-])C1=CCCC2CCC12.O=C([O-])C1=CCCC2CCC12.[Na+].[Na+]. The third kappa shape index (κ3) is 4.77. The molecule has 0 saturated heterocycles. The van der Waals surface area contributed by atoms with Crippen LogP contribution in [0.3, 0.4) is 0 Å². The predicted octanol–water partition coefficient (Wildman–Crippen LogP) is -5.03. The van der Waals surface area contributed by atoms with Crippen molar-refractivity contribution in [1.82, 2.24) is 0 Å². The summed E-state index contributed by atoms with van der Waals surface area (Å²) in [6, 6.07) is 0. The van der Waals surface area contributed by atoms with E-state index in [1.807, 2.05) is 12.2 Å². The number of carboxylic acids is 2. The number of allylic oxidation sites excluding steroid dienone is 2. The topological polar surface area (TPSA) is 80.3 Å². The van der Waals surface area contributed by atoms with Crippen molar-refractivity contribution < 1.29 is 78.9 Å². The summed E-state index contributed by atoms with van der Waals surface area (Å²) in [5.74, 6) is 0.113. The van der Waals surface area contributed by atoms with Crippen LogP contribution in [0, 0.1) is 23.7 Å². The van der Waals surface area contributed by atoms with E-state index in [1.165, 1.54) is 25.7 Å². The van der Waals surface area contributed by atoms with E-state index in [0.717, 1.165) is 25.7 Å². The van der Waals surface area contributed by atoms with Crippen LogP contribution in [0.15, 0.2) is 23.3 Å². The summed E-state index contributed by atoms with van der Waals surface area (Å²) >= 11 is 0. The van der Waals surface area contributed by atoms with Crippen LogP contribution < -0.4 is 69.3 Å². The molecule has 4 atom stereocenters. The number of carbonyl (C=O) groups excluding carboxylic acids is 2. The van der Waals surface area contributed by atoms with Gasteiger partial charge < -0.3 is 19.8 Å². The number of rotatable bonds is 2. The number of carboxylic acid groups (broad SMARTS) is 2. The van der Waals surface area contributed by atoms with Gasteiger partial charge in [0.05, 0.1) is 11.9 Å². The zero-order valence-electron chi connectivity index (χ0n) is 14.8. The van der Waals surface area contributed by atoms with Crippen molar-refractivity contribution in [3.63, 3.8) is 0 Å². The molecule has 2 saturated carbocycles. The molecular weight excluding hydrogens is 326 g/mol. The van der Waals surface area contributed by atoms with Crippen molar-refractivity contribution in [1.29, 1.82) is 0 Å². The normalized spacial score (nSPS) is 32.2. The number of aliphatic carboxylic acids is 2. The molecule has 120 valence electrons. The number of hydrogen-bond acceptors (Lipinski definition) is 4. The van der Waals surface area contributed by atoms with E-state index in [2.05, 4.69) is 0 Å². The molecule has 24 heavy (non-hydrogen) atoms. The van der Waals surface area contributed by atoms with Crippen LogP contribution in [0.25, 0.3) is 0 Å². The fourth-order valence-electron chi connectivity index (χ4n) is 4.33. The first-order chi connectivity index (χ1) is 10.6. The van der Waals surface area contributed by atoms with Crippen LogP contribution in [0.1, 0.15) is 51.4 Å². The van der Waals surface area contributed by atoms with E-state index < -0.39 is 11.9 Å². The van der Waals surface area contributed by atoms with E-state index in [-0.39, 0.29) is 59.1 Å². The largest absolute Gasteiger partial charge is 1.00 e. The standard InChI is InChI=1S/2C9H12O2.2Na/c2*10-9(11)8-3-1-2-6-4-5-7(6)8;;/h2*3,6-7H,1-2,4-5H2,(H,10,11);;/q;;2*+1/p-2. The van der Waals surface area contributed by atoms with Gasteiger partial charge in [0.15, 0.2) is 0 Å². The van der Waals surface area contributed by atoms with Gasteiger partial charge in [-0.3, -0.25) is 0 Å². The van der Waals surface area contributed by atoms with Gasteiger partial charge in [-0.2, -0.15) is 0 Å². The Morgan fingerprint density at radius 1 is 0.708 bits per heavy atom. The zero-order chi connectivity index (χ0) is 15.7. The fourth-order valence-corrected chi connectivity index (χ4v) is 4.33. The Morgan fingerprint density at radius 2 is 1.08 bits per heavy atom. The van der Waals surface area contributed by atoms with E-state index in [9.17, 15) is 19.8 Å². The molecule has 0 aliphatic heterocycles. The molecule has 4 unspecified atom stereocenters. The Morgan fingerprint density at radius 3 is 1.29 bits per heavy atom. The minimum absolute atomic E-state index is 0. The summed E-state index contributed by atoms with van der Waals surface area (Å²) in [6.07, 6.45) is 12.5. The van der Waals surface area contributed by atoms with Crippen molar-refractivity contribution in [2.24, 2.45) is 23.7 Å². The third-order valence-electron chi connectivity index (χ3n) is 5.91. The summed E-state index contributed by atoms with van der Waals surface area (Å²) in [6.45, 7) is 0. The Labute approximate surface area is 187 Å². The summed E-state index contributed by atoms with van der Waals surface area (Å²) in [4.78, 5) is 21.1. The molecule has 0 aromatic carbocycles. The van der Waals surface area contributed by atoms with Crippen molar-refractivity contribution in [3.8, 4) is 0 Å². The predicted molar refractivity (Wildman–Crippen MR) is 77.1 cm³/mol. The maximum absolute atomic E-state index is 10.6. The molecule has 0 aromatic heterocycles. The molecule has 0 aromatic rings. The Bertz CT molecular complexity index is 493. The quantitative estimate of drug-likeness (QED) is 0.468. The van der Waals surface area contributed by atoms with Gasteiger partial charge in [-0.25, -0.2) is 0 Å². The van der Waals surface area contributed by atoms with Gasteiger partial charge in [0.25, 0.3) is 0 Å². The number of hydrogen-bond donors (Lipinski definition) is 0. The van der Waals surface area contributed by atoms with E-state index in [0.29, 0.717) is 34.8 Å². The first-order valence-corrected chi connectivity index (χ1v) is 8.40. The molecule has 0 radical (unpaired) electrons. The molecule has 0 heterocycles. The summed E-state index contributed by atoms with van der Waals surface area (Å²) in [5.41, 5.74) is 1.15. The average molecular weight is 348 g/mol. The molecule has 4 nitrogen and oxygen atoms in total. The van der Waals surface area contributed by atoms with Crippen LogP contribution in [-0.4, -0.2) is 11.9 Å². The molecular formula is C18H22Na2O4. The van der Waals surface area contributed by atoms with Crippen LogP contribution in [-0.2, 0) is 9.59 Å². The third-order valence-corrected chi connectivity index (χ3v) is 5.91. The van der Waals surface area contributed by atoms with Gasteiger partial charge in [-0.05, 0) is 86.2 Å². The maximum Gasteiger partial charge on any atom is 1.00 e. The minimum Gasteiger partial charge on any atom is -0.545 e. The Balaban J connectivity index is 0.000000222. The molecule has 0 spiro atoms. The maximum atomic E-state index is 10.6. The second kappa shape index (κ2) is 9.94.